The number of methoxy groups -OCH3 is 1. The Morgan fingerprint density at radius 3 is 3.00 bits per heavy atom. The summed E-state index contributed by atoms with van der Waals surface area (Å²) in [6.07, 6.45) is 4.42. The van der Waals surface area contributed by atoms with Crippen molar-refractivity contribution in [3.8, 4) is 0 Å². The minimum Gasteiger partial charge on any atom is -0.382 e. The highest BCUT2D eigenvalue weighted by molar-refractivity contribution is 5.52. The molecule has 6 heteroatoms. The highest BCUT2D eigenvalue weighted by Crippen LogP contribution is 2.32. The Labute approximate surface area is 171 Å². The number of aliphatic hydroxyl groups excluding tert-OH is 1. The summed E-state index contributed by atoms with van der Waals surface area (Å²) in [7, 11) is 1.66. The maximum atomic E-state index is 11.0. The average molecular weight is 396 g/mol. The third kappa shape index (κ3) is 4.36. The molecule has 2 N–H and O–H groups in total. The van der Waals surface area contributed by atoms with Gasteiger partial charge < -0.3 is 19.0 Å². The molecule has 0 saturated carbocycles. The molecule has 0 aliphatic heterocycles. The van der Waals surface area contributed by atoms with Crippen molar-refractivity contribution in [1.82, 2.24) is 14.7 Å². The molecule has 0 amide bonds. The number of benzene rings is 1. The molecule has 2 aromatic heterocycles. The van der Waals surface area contributed by atoms with Gasteiger partial charge in [-0.25, -0.2) is 4.98 Å². The number of fused-ring (bicyclic) bond motifs is 2. The molecule has 154 valence electrons. The summed E-state index contributed by atoms with van der Waals surface area (Å²) in [5, 5.41) is 14.4. The van der Waals surface area contributed by atoms with Gasteiger partial charge in [0, 0.05) is 30.6 Å². The summed E-state index contributed by atoms with van der Waals surface area (Å²) in [5.74, 6) is 0. The minimum atomic E-state index is -0.785. The quantitative estimate of drug-likeness (QED) is 0.452. The molecule has 1 unspecified atom stereocenters. The second-order valence-corrected chi connectivity index (χ2v) is 7.61. The number of nitrogens with zero attached hydrogens (tertiary/aromatic N) is 2. The fourth-order valence-corrected chi connectivity index (χ4v) is 4.13. The lowest BCUT2D eigenvalue weighted by molar-refractivity contribution is 0.0602. The lowest BCUT2D eigenvalue weighted by Crippen LogP contribution is -2.29. The molecule has 2 heterocycles. The maximum Gasteiger partial charge on any atom is 0.144 e. The average Bonchev–Trinajstić information content (AvgIpc) is 3.16. The molecular formula is C23H29N3O3. The van der Waals surface area contributed by atoms with Crippen molar-refractivity contribution in [3.63, 3.8) is 0 Å². The molecule has 2 atom stereocenters. The van der Waals surface area contributed by atoms with Crippen molar-refractivity contribution < 1.29 is 14.6 Å². The maximum absolute atomic E-state index is 11.0. The van der Waals surface area contributed by atoms with Crippen LogP contribution in [0.4, 0.5) is 0 Å². The zero-order chi connectivity index (χ0) is 20.2. The van der Waals surface area contributed by atoms with E-state index in [-0.39, 0.29) is 6.04 Å². The van der Waals surface area contributed by atoms with Gasteiger partial charge >= 0.3 is 0 Å². The van der Waals surface area contributed by atoms with Crippen LogP contribution in [0.2, 0.25) is 0 Å². The van der Waals surface area contributed by atoms with Crippen molar-refractivity contribution in [3.05, 3.63) is 70.7 Å². The molecule has 1 aromatic carbocycles. The highest BCUT2D eigenvalue weighted by Gasteiger charge is 2.24. The Morgan fingerprint density at radius 1 is 1.28 bits per heavy atom. The first-order valence-electron chi connectivity index (χ1n) is 10.2. The Balaban J connectivity index is 1.55. The summed E-state index contributed by atoms with van der Waals surface area (Å²) in [5.41, 5.74) is 6.12. The van der Waals surface area contributed by atoms with E-state index in [1.165, 1.54) is 11.1 Å². The number of hydrogen-bond acceptors (Lipinski definition) is 5. The summed E-state index contributed by atoms with van der Waals surface area (Å²) in [4.78, 5) is 4.75. The van der Waals surface area contributed by atoms with Gasteiger partial charge in [0.05, 0.1) is 25.5 Å². The fraction of sp³-hybridized carbons (Fsp3) is 0.435. The van der Waals surface area contributed by atoms with Gasteiger partial charge in [0.2, 0.25) is 0 Å². The zero-order valence-electron chi connectivity index (χ0n) is 17.1. The third-order valence-corrected chi connectivity index (χ3v) is 5.60. The first kappa shape index (κ1) is 20.0. The highest BCUT2D eigenvalue weighted by atomic mass is 16.5. The predicted octanol–water partition coefficient (Wildman–Crippen LogP) is 3.46. The van der Waals surface area contributed by atoms with Gasteiger partial charge in [0.25, 0.3) is 0 Å². The van der Waals surface area contributed by atoms with Crippen molar-refractivity contribution in [2.24, 2.45) is 0 Å². The van der Waals surface area contributed by atoms with Crippen LogP contribution in [0, 0.1) is 6.92 Å². The molecule has 29 heavy (non-hydrogen) atoms. The third-order valence-electron chi connectivity index (χ3n) is 5.60. The van der Waals surface area contributed by atoms with Crippen LogP contribution in [0.1, 0.15) is 53.2 Å². The van der Waals surface area contributed by atoms with Crippen molar-refractivity contribution in [1.29, 1.82) is 0 Å². The van der Waals surface area contributed by atoms with Gasteiger partial charge in [-0.1, -0.05) is 24.3 Å². The first-order chi connectivity index (χ1) is 14.2. The molecule has 0 radical (unpaired) electrons. The van der Waals surface area contributed by atoms with Crippen LogP contribution in [-0.4, -0.2) is 34.8 Å². The Morgan fingerprint density at radius 2 is 2.14 bits per heavy atom. The Bertz CT molecular complexity index is 969. The van der Waals surface area contributed by atoms with Gasteiger partial charge in [-0.15, -0.1) is 0 Å². The lowest BCUT2D eigenvalue weighted by Gasteiger charge is -2.28. The molecule has 0 bridgehead atoms. The van der Waals surface area contributed by atoms with E-state index in [4.69, 9.17) is 14.5 Å². The fourth-order valence-electron chi connectivity index (χ4n) is 4.13. The van der Waals surface area contributed by atoms with E-state index in [0.717, 1.165) is 41.9 Å². The van der Waals surface area contributed by atoms with Crippen LogP contribution >= 0.6 is 0 Å². The number of aryl methyl sites for hydroxylation is 2. The van der Waals surface area contributed by atoms with Gasteiger partial charge in [-0.2, -0.15) is 0 Å². The van der Waals surface area contributed by atoms with Crippen LogP contribution in [0.3, 0.4) is 0 Å². The van der Waals surface area contributed by atoms with Crippen molar-refractivity contribution in [2.75, 3.05) is 20.3 Å². The van der Waals surface area contributed by atoms with Gasteiger partial charge in [0.15, 0.2) is 0 Å². The van der Waals surface area contributed by atoms with E-state index >= 15 is 0 Å². The molecule has 3 aromatic rings. The van der Waals surface area contributed by atoms with Gasteiger partial charge in [-0.05, 0) is 49.4 Å². The number of nitrogens with one attached hydrogen (secondary N) is 1. The van der Waals surface area contributed by atoms with Crippen LogP contribution < -0.4 is 5.32 Å². The number of hydrogen-bond donors (Lipinski definition) is 2. The first-order valence-corrected chi connectivity index (χ1v) is 10.2. The molecule has 4 rings (SSSR count). The van der Waals surface area contributed by atoms with Crippen LogP contribution in [0.5, 0.6) is 0 Å². The lowest BCUT2D eigenvalue weighted by atomic mass is 9.87. The standard InChI is InChI=1S/C23H29N3O3/c1-16-14-18(15-29-13-12-28-2)24-22-20(10-11-26(16)22)23(27)25-21-9-5-7-17-6-3-4-8-19(17)21/h3-4,6,8,10-11,14,21,23,25,27H,5,7,9,12-13,15H2,1-2H3/t21-,23?/m0/s1. The molecule has 1 aliphatic carbocycles. The van der Waals surface area contributed by atoms with Crippen LogP contribution in [0.25, 0.3) is 5.65 Å². The topological polar surface area (TPSA) is 68.0 Å². The van der Waals surface area contributed by atoms with Crippen LogP contribution in [0.15, 0.2) is 42.6 Å². The second-order valence-electron chi connectivity index (χ2n) is 7.61. The number of aromatic nitrogens is 2. The minimum absolute atomic E-state index is 0.145. The van der Waals surface area contributed by atoms with Gasteiger partial charge in [-0.3, -0.25) is 5.32 Å². The molecule has 0 spiro atoms. The summed E-state index contributed by atoms with van der Waals surface area (Å²) < 4.78 is 12.7. The summed E-state index contributed by atoms with van der Waals surface area (Å²) >= 11 is 0. The summed E-state index contributed by atoms with van der Waals surface area (Å²) in [6, 6.07) is 12.6. The molecule has 6 nitrogen and oxygen atoms in total. The Hall–Kier alpha value is -2.25. The zero-order valence-corrected chi connectivity index (χ0v) is 17.1. The summed E-state index contributed by atoms with van der Waals surface area (Å²) in [6.45, 7) is 3.55. The largest absolute Gasteiger partial charge is 0.382 e. The molecular weight excluding hydrogens is 366 g/mol. The predicted molar refractivity (Wildman–Crippen MR) is 112 cm³/mol. The molecule has 1 aliphatic rings. The van der Waals surface area contributed by atoms with Gasteiger partial charge in [0.1, 0.15) is 11.9 Å². The normalized spacial score (nSPS) is 17.4. The monoisotopic (exact) mass is 395 g/mol. The number of aliphatic hydroxyl groups is 1. The van der Waals surface area contributed by atoms with E-state index in [2.05, 4.69) is 29.6 Å². The van der Waals surface area contributed by atoms with E-state index in [9.17, 15) is 5.11 Å². The smallest absolute Gasteiger partial charge is 0.144 e. The van der Waals surface area contributed by atoms with E-state index in [1.807, 2.05) is 29.7 Å². The Kier molecular flexibility index (Phi) is 6.25. The SMILES string of the molecule is COCCOCc1cc(C)n2ccc(C(O)N[C@H]3CCCc4ccccc43)c2n1. The van der Waals surface area contributed by atoms with E-state index in [0.29, 0.717) is 19.8 Å². The van der Waals surface area contributed by atoms with Crippen LogP contribution in [-0.2, 0) is 22.5 Å². The molecule has 0 fully saturated rings. The van der Waals surface area contributed by atoms with E-state index in [1.54, 1.807) is 7.11 Å². The number of ether oxygens (including phenoxy) is 2. The number of rotatable bonds is 8. The van der Waals surface area contributed by atoms with E-state index < -0.39 is 6.23 Å². The van der Waals surface area contributed by atoms with Crippen molar-refractivity contribution >= 4 is 5.65 Å². The van der Waals surface area contributed by atoms with Crippen molar-refractivity contribution in [2.45, 2.75) is 45.1 Å². The molecule has 0 saturated heterocycles. The second kappa shape index (κ2) is 9.05.